The molecule has 0 unspecified atom stereocenters. The molecule has 88 valence electrons. The molecular formula is C14H15BrN2. The third kappa shape index (κ3) is 1.90. The van der Waals surface area contributed by atoms with Crippen LogP contribution in [-0.4, -0.2) is 22.3 Å². The molecule has 3 heteroatoms. The number of nitrogens with zero attached hydrogens (tertiary/aromatic N) is 2. The summed E-state index contributed by atoms with van der Waals surface area (Å²) in [7, 11) is 0. The van der Waals surface area contributed by atoms with E-state index in [1.54, 1.807) is 0 Å². The zero-order valence-corrected chi connectivity index (χ0v) is 11.2. The molecule has 2 fully saturated rings. The Morgan fingerprint density at radius 1 is 1.35 bits per heavy atom. The first kappa shape index (κ1) is 11.3. The molecule has 3 rings (SSSR count). The zero-order valence-electron chi connectivity index (χ0n) is 9.59. The van der Waals surface area contributed by atoms with Gasteiger partial charge in [-0.3, -0.25) is 4.90 Å². The Labute approximate surface area is 110 Å². The van der Waals surface area contributed by atoms with Gasteiger partial charge in [0.15, 0.2) is 0 Å². The molecule has 2 aliphatic rings. The number of piperidine rings is 1. The summed E-state index contributed by atoms with van der Waals surface area (Å²) in [6, 6.07) is 13.4. The molecule has 1 aliphatic heterocycles. The maximum atomic E-state index is 9.19. The molecule has 0 amide bonds. The van der Waals surface area contributed by atoms with Crippen molar-refractivity contribution in [3.63, 3.8) is 0 Å². The Bertz CT molecular complexity index is 439. The lowest BCUT2D eigenvalue weighted by molar-refractivity contribution is 0.176. The largest absolute Gasteiger partial charge is 0.293 e. The third-order valence-electron chi connectivity index (χ3n) is 4.03. The van der Waals surface area contributed by atoms with Gasteiger partial charge < -0.3 is 0 Å². The van der Waals surface area contributed by atoms with E-state index < -0.39 is 0 Å². The number of hydrogen-bond acceptors (Lipinski definition) is 2. The van der Waals surface area contributed by atoms with E-state index in [4.69, 9.17) is 0 Å². The van der Waals surface area contributed by atoms with E-state index in [1.807, 2.05) is 6.07 Å². The minimum absolute atomic E-state index is 0.210. The van der Waals surface area contributed by atoms with Gasteiger partial charge in [-0.15, -0.1) is 0 Å². The molecular weight excluding hydrogens is 276 g/mol. The number of nitriles is 1. The van der Waals surface area contributed by atoms with Crippen molar-refractivity contribution in [1.29, 1.82) is 5.26 Å². The second-order valence-electron chi connectivity index (χ2n) is 5.08. The van der Waals surface area contributed by atoms with Gasteiger partial charge in [0, 0.05) is 24.0 Å². The summed E-state index contributed by atoms with van der Waals surface area (Å²) in [6.45, 7) is 2.11. The van der Waals surface area contributed by atoms with E-state index in [0.717, 1.165) is 19.5 Å². The highest BCUT2D eigenvalue weighted by Gasteiger charge is 2.51. The average molecular weight is 291 g/mol. The highest BCUT2D eigenvalue weighted by Crippen LogP contribution is 2.46. The highest BCUT2D eigenvalue weighted by atomic mass is 79.9. The molecule has 0 N–H and O–H groups in total. The fourth-order valence-corrected chi connectivity index (χ4v) is 4.35. The van der Waals surface area contributed by atoms with E-state index in [-0.39, 0.29) is 5.92 Å². The van der Waals surface area contributed by atoms with Crippen molar-refractivity contribution in [1.82, 2.24) is 4.90 Å². The fourth-order valence-electron chi connectivity index (χ4n) is 3.27. The van der Waals surface area contributed by atoms with Gasteiger partial charge in [-0.25, -0.2) is 0 Å². The number of likely N-dealkylation sites (tertiary alicyclic amines) is 1. The first-order chi connectivity index (χ1) is 8.29. The van der Waals surface area contributed by atoms with Gasteiger partial charge in [-0.1, -0.05) is 46.3 Å². The van der Waals surface area contributed by atoms with E-state index in [1.165, 1.54) is 5.56 Å². The molecule has 1 saturated heterocycles. The first-order valence-corrected chi connectivity index (χ1v) is 7.03. The van der Waals surface area contributed by atoms with Crippen LogP contribution in [0.4, 0.5) is 0 Å². The van der Waals surface area contributed by atoms with Crippen molar-refractivity contribution in [2.75, 3.05) is 6.54 Å². The van der Waals surface area contributed by atoms with Crippen molar-refractivity contribution in [3.05, 3.63) is 35.9 Å². The minimum Gasteiger partial charge on any atom is -0.293 e. The number of halogens is 1. The van der Waals surface area contributed by atoms with Gasteiger partial charge in [0.2, 0.25) is 0 Å². The maximum absolute atomic E-state index is 9.19. The molecule has 2 nitrogen and oxygen atoms in total. The lowest BCUT2D eigenvalue weighted by atomic mass is 9.99. The molecule has 1 saturated carbocycles. The Hall–Kier alpha value is -0.850. The molecule has 1 aromatic carbocycles. The summed E-state index contributed by atoms with van der Waals surface area (Å²) >= 11 is 3.77. The van der Waals surface area contributed by atoms with E-state index in [2.05, 4.69) is 51.2 Å². The minimum atomic E-state index is 0.210. The van der Waals surface area contributed by atoms with E-state index in [9.17, 15) is 5.26 Å². The molecule has 17 heavy (non-hydrogen) atoms. The third-order valence-corrected chi connectivity index (χ3v) is 5.32. The van der Waals surface area contributed by atoms with Crippen LogP contribution in [0.2, 0.25) is 0 Å². The van der Waals surface area contributed by atoms with Crippen LogP contribution in [0.25, 0.3) is 0 Å². The molecule has 1 aromatic rings. The molecule has 0 spiro atoms. The number of hydrogen-bond donors (Lipinski definition) is 0. The maximum Gasteiger partial charge on any atom is 0.0672 e. The number of benzene rings is 1. The summed E-state index contributed by atoms with van der Waals surface area (Å²) in [6.07, 6.45) is 1.07. The summed E-state index contributed by atoms with van der Waals surface area (Å²) in [4.78, 5) is 2.98. The molecule has 0 aromatic heterocycles. The van der Waals surface area contributed by atoms with E-state index in [0.29, 0.717) is 16.8 Å². The lowest BCUT2D eigenvalue weighted by Gasteiger charge is -2.29. The van der Waals surface area contributed by atoms with Crippen molar-refractivity contribution in [3.8, 4) is 6.07 Å². The van der Waals surface area contributed by atoms with Crippen LogP contribution in [0.1, 0.15) is 12.0 Å². The summed E-state index contributed by atoms with van der Waals surface area (Å²) in [5.74, 6) is 0.871. The van der Waals surface area contributed by atoms with Gasteiger partial charge in [-0.05, 0) is 17.9 Å². The summed E-state index contributed by atoms with van der Waals surface area (Å²) < 4.78 is 0. The Morgan fingerprint density at radius 2 is 2.12 bits per heavy atom. The fraction of sp³-hybridized carbons (Fsp3) is 0.500. The number of fused-ring (bicyclic) bond motifs is 2. The van der Waals surface area contributed by atoms with Crippen LogP contribution in [0, 0.1) is 23.2 Å². The SMILES string of the molecule is N#C[C@H]1C[C@H]2CN(Cc3ccccc3)[C@H]1[C@@H]2Br. The van der Waals surface area contributed by atoms with Crippen LogP contribution in [0.5, 0.6) is 0 Å². The van der Waals surface area contributed by atoms with Crippen molar-refractivity contribution < 1.29 is 0 Å². The lowest BCUT2D eigenvalue weighted by Crippen LogP contribution is -2.38. The Morgan fingerprint density at radius 3 is 2.76 bits per heavy atom. The van der Waals surface area contributed by atoms with E-state index >= 15 is 0 Å². The van der Waals surface area contributed by atoms with Crippen LogP contribution < -0.4 is 0 Å². The second kappa shape index (κ2) is 4.44. The van der Waals surface area contributed by atoms with Gasteiger partial charge in [0.25, 0.3) is 0 Å². The number of rotatable bonds is 2. The topological polar surface area (TPSA) is 27.0 Å². The quantitative estimate of drug-likeness (QED) is 0.783. The summed E-state index contributed by atoms with van der Waals surface area (Å²) in [5, 5.41) is 9.19. The molecule has 1 heterocycles. The molecule has 2 bridgehead atoms. The van der Waals surface area contributed by atoms with Gasteiger partial charge >= 0.3 is 0 Å². The zero-order chi connectivity index (χ0) is 11.8. The summed E-state index contributed by atoms with van der Waals surface area (Å²) in [5.41, 5.74) is 1.34. The predicted octanol–water partition coefficient (Wildman–Crippen LogP) is 2.79. The first-order valence-electron chi connectivity index (χ1n) is 6.11. The van der Waals surface area contributed by atoms with Gasteiger partial charge in [0.05, 0.1) is 12.0 Å². The van der Waals surface area contributed by atoms with Crippen LogP contribution in [0.3, 0.4) is 0 Å². The monoisotopic (exact) mass is 290 g/mol. The molecule has 4 atom stereocenters. The standard InChI is InChI=1S/C14H15BrN2/c15-13-12-6-11(7-16)14(13)17(9-12)8-10-4-2-1-3-5-10/h1-5,11-14H,6,8-9H2/t11-,12+,13-,14-/m1/s1. The normalized spacial score (nSPS) is 36.0. The smallest absolute Gasteiger partial charge is 0.0672 e. The van der Waals surface area contributed by atoms with Crippen LogP contribution >= 0.6 is 15.9 Å². The van der Waals surface area contributed by atoms with Crippen molar-refractivity contribution >= 4 is 15.9 Å². The van der Waals surface area contributed by atoms with Crippen LogP contribution in [-0.2, 0) is 6.54 Å². The molecule has 1 aliphatic carbocycles. The Balaban J connectivity index is 1.76. The van der Waals surface area contributed by atoms with Gasteiger partial charge in [0.1, 0.15) is 0 Å². The second-order valence-corrected chi connectivity index (χ2v) is 6.14. The number of alkyl halides is 1. The average Bonchev–Trinajstić information content (AvgIpc) is 2.83. The van der Waals surface area contributed by atoms with Crippen LogP contribution in [0.15, 0.2) is 30.3 Å². The van der Waals surface area contributed by atoms with Crippen molar-refractivity contribution in [2.24, 2.45) is 11.8 Å². The Kier molecular flexibility index (Phi) is 2.94. The van der Waals surface area contributed by atoms with Gasteiger partial charge in [-0.2, -0.15) is 5.26 Å². The highest BCUT2D eigenvalue weighted by molar-refractivity contribution is 9.09. The predicted molar refractivity (Wildman–Crippen MR) is 70.6 cm³/mol. The van der Waals surface area contributed by atoms with Crippen molar-refractivity contribution in [2.45, 2.75) is 23.8 Å². The molecule has 0 radical (unpaired) electrons.